The van der Waals surface area contributed by atoms with Gasteiger partial charge in [-0.1, -0.05) is 26.0 Å². The van der Waals surface area contributed by atoms with Crippen molar-refractivity contribution in [3.8, 4) is 5.75 Å². The molecule has 1 aromatic rings. The van der Waals surface area contributed by atoms with Gasteiger partial charge in [-0.2, -0.15) is 0 Å². The van der Waals surface area contributed by atoms with E-state index in [0.717, 1.165) is 45.0 Å². The number of rotatable bonds is 11. The van der Waals surface area contributed by atoms with Crippen LogP contribution in [0, 0.1) is 0 Å². The van der Waals surface area contributed by atoms with Crippen LogP contribution < -0.4 is 10.1 Å². The lowest BCUT2D eigenvalue weighted by Crippen LogP contribution is -2.36. The van der Waals surface area contributed by atoms with Gasteiger partial charge in [0.05, 0.1) is 6.61 Å². The number of nitrogens with one attached hydrogen (secondary N) is 1. The van der Waals surface area contributed by atoms with E-state index in [4.69, 9.17) is 4.74 Å². The molecule has 2 unspecified atom stereocenters. The second-order valence-corrected chi connectivity index (χ2v) is 7.20. The number of ether oxygens (including phenoxy) is 1. The van der Waals surface area contributed by atoms with Crippen LogP contribution in [0.5, 0.6) is 5.75 Å². The molecular weight excluding hydrogens is 310 g/mol. The van der Waals surface area contributed by atoms with Crippen molar-refractivity contribution in [2.75, 3.05) is 46.4 Å². The van der Waals surface area contributed by atoms with Crippen LogP contribution in [0.4, 0.5) is 0 Å². The van der Waals surface area contributed by atoms with Crippen LogP contribution in [0.2, 0.25) is 0 Å². The SMILES string of the molecule is CCN(CC)CCCOc1ccc(C(C)NCC2CCCN2C)cc1. The lowest BCUT2D eigenvalue weighted by Gasteiger charge is -2.23. The molecule has 0 aromatic heterocycles. The molecule has 0 amide bonds. The molecule has 1 heterocycles. The maximum atomic E-state index is 5.88. The van der Waals surface area contributed by atoms with E-state index in [1.807, 2.05) is 0 Å². The van der Waals surface area contributed by atoms with Gasteiger partial charge in [0.25, 0.3) is 0 Å². The molecule has 1 aliphatic heterocycles. The number of nitrogens with zero attached hydrogens (tertiary/aromatic N) is 2. The van der Waals surface area contributed by atoms with Crippen LogP contribution in [-0.2, 0) is 0 Å². The fraction of sp³-hybridized carbons (Fsp3) is 0.714. The van der Waals surface area contributed by atoms with Crippen molar-refractivity contribution in [2.45, 2.75) is 52.1 Å². The summed E-state index contributed by atoms with van der Waals surface area (Å²) in [6.45, 7) is 13.1. The molecule has 0 bridgehead atoms. The first kappa shape index (κ1) is 20.2. The zero-order valence-electron chi connectivity index (χ0n) is 16.6. The van der Waals surface area contributed by atoms with E-state index in [0.29, 0.717) is 12.1 Å². The van der Waals surface area contributed by atoms with Gasteiger partial charge < -0.3 is 19.9 Å². The fourth-order valence-corrected chi connectivity index (χ4v) is 3.54. The fourth-order valence-electron chi connectivity index (χ4n) is 3.54. The summed E-state index contributed by atoms with van der Waals surface area (Å²) in [6.07, 6.45) is 3.73. The van der Waals surface area contributed by atoms with Crippen molar-refractivity contribution in [1.29, 1.82) is 0 Å². The van der Waals surface area contributed by atoms with Gasteiger partial charge in [0.2, 0.25) is 0 Å². The van der Waals surface area contributed by atoms with E-state index in [2.05, 4.69) is 67.2 Å². The van der Waals surface area contributed by atoms with Crippen LogP contribution in [0.1, 0.15) is 51.6 Å². The van der Waals surface area contributed by atoms with Crippen molar-refractivity contribution >= 4 is 0 Å². The van der Waals surface area contributed by atoms with Crippen LogP contribution in [0.15, 0.2) is 24.3 Å². The smallest absolute Gasteiger partial charge is 0.119 e. The lowest BCUT2D eigenvalue weighted by molar-refractivity contribution is 0.249. The first-order valence-corrected chi connectivity index (χ1v) is 10.0. The third-order valence-electron chi connectivity index (χ3n) is 5.49. The molecule has 142 valence electrons. The van der Waals surface area contributed by atoms with E-state index in [1.54, 1.807) is 0 Å². The monoisotopic (exact) mass is 347 g/mol. The Labute approximate surface area is 154 Å². The normalized spacial score (nSPS) is 19.5. The lowest BCUT2D eigenvalue weighted by atomic mass is 10.1. The first-order valence-electron chi connectivity index (χ1n) is 10.0. The highest BCUT2D eigenvalue weighted by Gasteiger charge is 2.21. The van der Waals surface area contributed by atoms with Crippen LogP contribution in [-0.4, -0.2) is 62.2 Å². The highest BCUT2D eigenvalue weighted by Crippen LogP contribution is 2.19. The molecule has 0 saturated carbocycles. The van der Waals surface area contributed by atoms with Crippen molar-refractivity contribution < 1.29 is 4.74 Å². The Kier molecular flexibility index (Phi) is 8.73. The number of hydrogen-bond acceptors (Lipinski definition) is 4. The van der Waals surface area contributed by atoms with E-state index in [1.165, 1.54) is 24.9 Å². The minimum Gasteiger partial charge on any atom is -0.494 e. The van der Waals surface area contributed by atoms with E-state index in [9.17, 15) is 0 Å². The van der Waals surface area contributed by atoms with Gasteiger partial charge in [0.15, 0.2) is 0 Å². The maximum absolute atomic E-state index is 5.88. The predicted molar refractivity (Wildman–Crippen MR) is 106 cm³/mol. The highest BCUT2D eigenvalue weighted by atomic mass is 16.5. The second kappa shape index (κ2) is 10.8. The van der Waals surface area contributed by atoms with Crippen molar-refractivity contribution in [3.05, 3.63) is 29.8 Å². The molecule has 1 N–H and O–H groups in total. The maximum Gasteiger partial charge on any atom is 0.119 e. The molecule has 4 heteroatoms. The summed E-state index contributed by atoms with van der Waals surface area (Å²) in [6, 6.07) is 9.66. The van der Waals surface area contributed by atoms with Gasteiger partial charge in [0, 0.05) is 25.2 Å². The van der Waals surface area contributed by atoms with Crippen molar-refractivity contribution in [3.63, 3.8) is 0 Å². The third-order valence-corrected chi connectivity index (χ3v) is 5.49. The number of hydrogen-bond donors (Lipinski definition) is 1. The minimum atomic E-state index is 0.380. The summed E-state index contributed by atoms with van der Waals surface area (Å²) in [5.41, 5.74) is 1.33. The number of likely N-dealkylation sites (tertiary alicyclic amines) is 1. The van der Waals surface area contributed by atoms with Crippen LogP contribution in [0.3, 0.4) is 0 Å². The van der Waals surface area contributed by atoms with Gasteiger partial charge >= 0.3 is 0 Å². The van der Waals surface area contributed by atoms with Crippen LogP contribution in [0.25, 0.3) is 0 Å². The summed E-state index contributed by atoms with van der Waals surface area (Å²) >= 11 is 0. The van der Waals surface area contributed by atoms with Gasteiger partial charge in [-0.25, -0.2) is 0 Å². The largest absolute Gasteiger partial charge is 0.494 e. The molecular formula is C21H37N3O. The van der Waals surface area contributed by atoms with Gasteiger partial charge in [-0.15, -0.1) is 0 Å². The zero-order chi connectivity index (χ0) is 18.1. The highest BCUT2D eigenvalue weighted by molar-refractivity contribution is 5.28. The second-order valence-electron chi connectivity index (χ2n) is 7.20. The summed E-state index contributed by atoms with van der Waals surface area (Å²) < 4.78 is 5.88. The van der Waals surface area contributed by atoms with Gasteiger partial charge in [0.1, 0.15) is 5.75 Å². The van der Waals surface area contributed by atoms with Crippen LogP contribution >= 0.6 is 0 Å². The Bertz CT molecular complexity index is 473. The number of benzene rings is 1. The Morgan fingerprint density at radius 1 is 1.24 bits per heavy atom. The average Bonchev–Trinajstić information content (AvgIpc) is 3.05. The Balaban J connectivity index is 1.69. The zero-order valence-corrected chi connectivity index (χ0v) is 16.6. The van der Waals surface area contributed by atoms with E-state index in [-0.39, 0.29) is 0 Å². The molecule has 0 spiro atoms. The van der Waals surface area contributed by atoms with Gasteiger partial charge in [-0.05, 0) is 70.6 Å². The Morgan fingerprint density at radius 2 is 1.96 bits per heavy atom. The third kappa shape index (κ3) is 6.61. The summed E-state index contributed by atoms with van der Waals surface area (Å²) in [7, 11) is 2.23. The predicted octanol–water partition coefficient (Wildman–Crippen LogP) is 3.54. The molecule has 4 nitrogen and oxygen atoms in total. The molecule has 25 heavy (non-hydrogen) atoms. The molecule has 1 saturated heterocycles. The molecule has 1 fully saturated rings. The minimum absolute atomic E-state index is 0.380. The van der Waals surface area contributed by atoms with Crippen molar-refractivity contribution in [2.24, 2.45) is 0 Å². The molecule has 1 aromatic carbocycles. The molecule has 1 aliphatic rings. The van der Waals surface area contributed by atoms with Crippen molar-refractivity contribution in [1.82, 2.24) is 15.1 Å². The molecule has 2 rings (SSSR count). The molecule has 0 radical (unpaired) electrons. The van der Waals surface area contributed by atoms with Gasteiger partial charge in [-0.3, -0.25) is 0 Å². The Morgan fingerprint density at radius 3 is 2.56 bits per heavy atom. The summed E-state index contributed by atoms with van der Waals surface area (Å²) in [4.78, 5) is 4.90. The molecule has 0 aliphatic carbocycles. The number of likely N-dealkylation sites (N-methyl/N-ethyl adjacent to an activating group) is 1. The quantitative estimate of drug-likeness (QED) is 0.620. The van der Waals surface area contributed by atoms with E-state index < -0.39 is 0 Å². The first-order chi connectivity index (χ1) is 12.1. The topological polar surface area (TPSA) is 27.7 Å². The molecule has 2 atom stereocenters. The standard InChI is InChI=1S/C21H37N3O/c1-5-24(6-2)15-8-16-25-21-12-10-19(11-13-21)18(3)22-17-20-9-7-14-23(20)4/h10-13,18,20,22H,5-9,14-17H2,1-4H3. The van der Waals surface area contributed by atoms with E-state index >= 15 is 0 Å². The Hall–Kier alpha value is -1.10. The summed E-state index contributed by atoms with van der Waals surface area (Å²) in [5, 5.41) is 3.68. The average molecular weight is 348 g/mol. The summed E-state index contributed by atoms with van der Waals surface area (Å²) in [5.74, 6) is 0.978.